The molecule has 0 amide bonds. The van der Waals surface area contributed by atoms with Crippen LogP contribution in [0.15, 0.2) is 24.3 Å². The van der Waals surface area contributed by atoms with Crippen molar-refractivity contribution in [1.82, 2.24) is 0 Å². The van der Waals surface area contributed by atoms with E-state index in [1.807, 2.05) is 19.1 Å². The van der Waals surface area contributed by atoms with Crippen molar-refractivity contribution in [1.29, 1.82) is 0 Å². The summed E-state index contributed by atoms with van der Waals surface area (Å²) in [6.07, 6.45) is -0.108. The van der Waals surface area contributed by atoms with Crippen molar-refractivity contribution in [2.24, 2.45) is 0 Å². The van der Waals surface area contributed by atoms with Crippen molar-refractivity contribution < 1.29 is 25.8 Å². The van der Waals surface area contributed by atoms with E-state index in [0.29, 0.717) is 5.56 Å². The summed E-state index contributed by atoms with van der Waals surface area (Å²) in [5.41, 5.74) is -3.63. The van der Waals surface area contributed by atoms with Gasteiger partial charge in [-0.3, -0.25) is 4.18 Å². The maximum Gasteiger partial charge on any atom is 0.523 e. The van der Waals surface area contributed by atoms with Gasteiger partial charge in [0.25, 0.3) is 0 Å². The highest BCUT2D eigenvalue weighted by Crippen LogP contribution is 2.24. The lowest BCUT2D eigenvalue weighted by Crippen LogP contribution is -2.25. The predicted octanol–water partition coefficient (Wildman–Crippen LogP) is 2.60. The van der Waals surface area contributed by atoms with Gasteiger partial charge < -0.3 is 0 Å². The zero-order chi connectivity index (χ0) is 14.5. The second-order valence-corrected chi connectivity index (χ2v) is 5.25. The first kappa shape index (κ1) is 15.5. The molecule has 0 radical (unpaired) electrons. The van der Waals surface area contributed by atoms with Gasteiger partial charge in [0.1, 0.15) is 0 Å². The van der Waals surface area contributed by atoms with Gasteiger partial charge in [-0.05, 0) is 19.1 Å². The average molecular weight is 292 g/mol. The summed E-state index contributed by atoms with van der Waals surface area (Å²) in [5.74, 6) is 5.23. The third-order valence-electron chi connectivity index (χ3n) is 2.03. The second-order valence-electron chi connectivity index (χ2n) is 3.64. The Hall–Kier alpha value is -1.52. The Labute approximate surface area is 109 Å². The highest BCUT2D eigenvalue weighted by molar-refractivity contribution is 7.87. The number of hydrogen-bond acceptors (Lipinski definition) is 3. The van der Waals surface area contributed by atoms with Gasteiger partial charge >= 0.3 is 15.6 Å². The van der Waals surface area contributed by atoms with E-state index in [-0.39, 0.29) is 6.42 Å². The van der Waals surface area contributed by atoms with Crippen LogP contribution < -0.4 is 0 Å². The van der Waals surface area contributed by atoms with Crippen LogP contribution >= 0.6 is 0 Å². The van der Waals surface area contributed by atoms with Gasteiger partial charge in [-0.25, -0.2) is 0 Å². The molecule has 3 nitrogen and oxygen atoms in total. The Morgan fingerprint density at radius 1 is 1.21 bits per heavy atom. The molecule has 0 unspecified atom stereocenters. The molecule has 0 aliphatic carbocycles. The van der Waals surface area contributed by atoms with Gasteiger partial charge in [0.05, 0.1) is 6.61 Å². The smallest absolute Gasteiger partial charge is 0.262 e. The Bertz CT molecular complexity index is 577. The maximum absolute atomic E-state index is 11.9. The topological polar surface area (TPSA) is 43.4 Å². The van der Waals surface area contributed by atoms with Crippen LogP contribution in [-0.2, 0) is 14.3 Å². The molecular formula is C12H11F3O3S. The molecule has 0 heterocycles. The molecule has 0 fully saturated rings. The molecular weight excluding hydrogens is 281 g/mol. The molecule has 1 aromatic rings. The molecule has 0 aromatic heterocycles. The van der Waals surface area contributed by atoms with E-state index >= 15 is 0 Å². The van der Waals surface area contributed by atoms with Crippen molar-refractivity contribution in [3.05, 3.63) is 35.4 Å². The van der Waals surface area contributed by atoms with E-state index in [2.05, 4.69) is 16.0 Å². The van der Waals surface area contributed by atoms with Crippen LogP contribution in [0.1, 0.15) is 17.5 Å². The molecule has 0 atom stereocenters. The first-order chi connectivity index (χ1) is 8.72. The Morgan fingerprint density at radius 3 is 2.32 bits per heavy atom. The minimum atomic E-state index is -5.52. The van der Waals surface area contributed by atoms with Crippen molar-refractivity contribution >= 4 is 10.1 Å². The number of benzene rings is 1. The van der Waals surface area contributed by atoms with Crippen molar-refractivity contribution in [3.63, 3.8) is 0 Å². The van der Waals surface area contributed by atoms with Crippen LogP contribution in [0.3, 0.4) is 0 Å². The van der Waals surface area contributed by atoms with E-state index in [1.165, 1.54) is 0 Å². The highest BCUT2D eigenvalue weighted by atomic mass is 32.2. The molecule has 1 aromatic carbocycles. The van der Waals surface area contributed by atoms with Gasteiger partial charge in [0.15, 0.2) is 0 Å². The zero-order valence-electron chi connectivity index (χ0n) is 9.99. The lowest BCUT2D eigenvalue weighted by atomic mass is 10.1. The van der Waals surface area contributed by atoms with Crippen LogP contribution in [0, 0.1) is 18.8 Å². The summed E-state index contributed by atoms with van der Waals surface area (Å²) in [7, 11) is -5.52. The summed E-state index contributed by atoms with van der Waals surface area (Å²) in [6, 6.07) is 7.20. The number of hydrogen-bond donors (Lipinski definition) is 0. The quantitative estimate of drug-likeness (QED) is 0.372. The van der Waals surface area contributed by atoms with E-state index in [0.717, 1.165) is 5.56 Å². The summed E-state index contributed by atoms with van der Waals surface area (Å²) in [5, 5.41) is 0. The number of aryl methyl sites for hydroxylation is 1. The molecule has 19 heavy (non-hydrogen) atoms. The molecule has 0 spiro atoms. The predicted molar refractivity (Wildman–Crippen MR) is 63.6 cm³/mol. The normalized spacial score (nSPS) is 11.8. The Morgan fingerprint density at radius 2 is 1.79 bits per heavy atom. The lowest BCUT2D eigenvalue weighted by Gasteiger charge is -2.06. The summed E-state index contributed by atoms with van der Waals surface area (Å²) < 4.78 is 60.5. The fourth-order valence-electron chi connectivity index (χ4n) is 1.07. The largest absolute Gasteiger partial charge is 0.523 e. The number of alkyl halides is 3. The van der Waals surface area contributed by atoms with Gasteiger partial charge in [0.2, 0.25) is 0 Å². The van der Waals surface area contributed by atoms with Gasteiger partial charge in [-0.1, -0.05) is 29.5 Å². The fourth-order valence-corrected chi connectivity index (χ4v) is 1.51. The van der Waals surface area contributed by atoms with Crippen molar-refractivity contribution in [3.8, 4) is 11.8 Å². The fraction of sp³-hybridized carbons (Fsp3) is 0.333. The minimum Gasteiger partial charge on any atom is -0.262 e. The van der Waals surface area contributed by atoms with Crippen molar-refractivity contribution in [2.75, 3.05) is 6.61 Å². The highest BCUT2D eigenvalue weighted by Gasteiger charge is 2.47. The Balaban J connectivity index is 2.47. The molecule has 0 aliphatic rings. The lowest BCUT2D eigenvalue weighted by molar-refractivity contribution is -0.0540. The zero-order valence-corrected chi connectivity index (χ0v) is 10.8. The van der Waals surface area contributed by atoms with E-state index in [9.17, 15) is 21.6 Å². The molecule has 0 aliphatic heterocycles. The molecule has 0 saturated heterocycles. The van der Waals surface area contributed by atoms with Crippen LogP contribution in [0.5, 0.6) is 0 Å². The van der Waals surface area contributed by atoms with E-state index in [1.54, 1.807) is 12.1 Å². The van der Waals surface area contributed by atoms with Crippen LogP contribution in [-0.4, -0.2) is 20.5 Å². The SMILES string of the molecule is Cc1ccc(C#CCCOS(=O)(=O)C(F)(F)F)cc1. The third kappa shape index (κ3) is 4.93. The van der Waals surface area contributed by atoms with Gasteiger partial charge in [-0.15, -0.1) is 0 Å². The molecule has 7 heteroatoms. The van der Waals surface area contributed by atoms with E-state index < -0.39 is 22.2 Å². The number of rotatable bonds is 3. The third-order valence-corrected chi connectivity index (χ3v) is 3.08. The second kappa shape index (κ2) is 6.08. The molecule has 0 N–H and O–H groups in total. The average Bonchev–Trinajstić information content (AvgIpc) is 2.29. The monoisotopic (exact) mass is 292 g/mol. The number of halogens is 3. The van der Waals surface area contributed by atoms with Crippen molar-refractivity contribution in [2.45, 2.75) is 18.9 Å². The molecule has 0 saturated carbocycles. The standard InChI is InChI=1S/C12H11F3O3S/c1-10-5-7-11(8-6-10)4-2-3-9-18-19(16,17)12(13,14)15/h5-8H,3,9H2,1H3. The summed E-state index contributed by atoms with van der Waals surface area (Å²) in [4.78, 5) is 0. The Kier molecular flexibility index (Phi) is 4.97. The van der Waals surface area contributed by atoms with Gasteiger partial charge in [0, 0.05) is 12.0 Å². The van der Waals surface area contributed by atoms with Crippen LogP contribution in [0.4, 0.5) is 13.2 Å². The van der Waals surface area contributed by atoms with E-state index in [4.69, 9.17) is 0 Å². The molecule has 1 rings (SSSR count). The first-order valence-corrected chi connectivity index (χ1v) is 6.64. The molecule has 104 valence electrons. The summed E-state index contributed by atoms with van der Waals surface area (Å²) in [6.45, 7) is 1.29. The van der Waals surface area contributed by atoms with Crippen LogP contribution in [0.2, 0.25) is 0 Å². The summed E-state index contributed by atoms with van der Waals surface area (Å²) >= 11 is 0. The van der Waals surface area contributed by atoms with Crippen LogP contribution in [0.25, 0.3) is 0 Å². The minimum absolute atomic E-state index is 0.108. The maximum atomic E-state index is 11.9. The van der Waals surface area contributed by atoms with Gasteiger partial charge in [-0.2, -0.15) is 21.6 Å². The first-order valence-electron chi connectivity index (χ1n) is 5.23. The molecule has 0 bridgehead atoms.